The minimum absolute atomic E-state index is 0. The van der Waals surface area contributed by atoms with E-state index in [0.29, 0.717) is 17.4 Å². The molecule has 1 unspecified atom stereocenters. The maximum absolute atomic E-state index is 13.2. The first-order valence-electron chi connectivity index (χ1n) is 12.2. The van der Waals surface area contributed by atoms with Gasteiger partial charge in [-0.3, -0.25) is 9.59 Å². The van der Waals surface area contributed by atoms with Crippen molar-refractivity contribution in [3.8, 4) is 5.75 Å². The lowest BCUT2D eigenvalue weighted by Crippen LogP contribution is -2.26. The van der Waals surface area contributed by atoms with Crippen LogP contribution in [0.4, 0.5) is 10.1 Å². The number of carbonyl (C=O) groups is 3. The normalized spacial score (nSPS) is 15.5. The minimum atomic E-state index is -1.15. The molecule has 2 amide bonds. The molecule has 1 atom stereocenters. The number of aromatic nitrogens is 3. The van der Waals surface area contributed by atoms with E-state index >= 15 is 0 Å². The quantitative estimate of drug-likeness (QED) is 0.245. The second-order valence-corrected chi connectivity index (χ2v) is 9.01. The Bertz CT molecular complexity index is 1560. The molecular weight excluding hydrogens is 543 g/mol. The molecular formula is C27H26ClFN6O5. The molecule has 11 nitrogen and oxygen atoms in total. The number of hydrogen-bond donors (Lipinski definition) is 5. The summed E-state index contributed by atoms with van der Waals surface area (Å²) in [7, 11) is 0. The number of aromatic amines is 1. The number of nitrogens with zero attached hydrogens (tertiary/aromatic N) is 2. The van der Waals surface area contributed by atoms with Crippen LogP contribution in [-0.2, 0) is 11.3 Å². The van der Waals surface area contributed by atoms with Crippen molar-refractivity contribution >= 4 is 46.9 Å². The number of hydrogen-bond acceptors (Lipinski definition) is 7. The summed E-state index contributed by atoms with van der Waals surface area (Å²) in [6, 6.07) is 12.2. The number of fused-ring (bicyclic) bond motifs is 2. The minimum Gasteiger partial charge on any atom is -0.482 e. The van der Waals surface area contributed by atoms with Crippen molar-refractivity contribution in [3.63, 3.8) is 0 Å². The van der Waals surface area contributed by atoms with E-state index in [1.807, 2.05) is 12.1 Å². The molecule has 40 heavy (non-hydrogen) atoms. The zero-order valence-electron chi connectivity index (χ0n) is 21.1. The number of carboxylic acid groups (broad SMARTS) is 1. The highest BCUT2D eigenvalue weighted by Crippen LogP contribution is 2.28. The van der Waals surface area contributed by atoms with Crippen molar-refractivity contribution in [1.82, 2.24) is 25.6 Å². The molecule has 0 spiro atoms. The largest absolute Gasteiger partial charge is 0.482 e. The Labute approximate surface area is 234 Å². The van der Waals surface area contributed by atoms with Crippen molar-refractivity contribution in [2.24, 2.45) is 0 Å². The van der Waals surface area contributed by atoms with E-state index in [9.17, 15) is 18.8 Å². The molecule has 4 aromatic rings. The van der Waals surface area contributed by atoms with Crippen molar-refractivity contribution in [2.75, 3.05) is 25.0 Å². The van der Waals surface area contributed by atoms with Gasteiger partial charge in [-0.1, -0.05) is 24.3 Å². The number of nitrogens with one attached hydrogen (secondary N) is 4. The van der Waals surface area contributed by atoms with Gasteiger partial charge in [-0.15, -0.1) is 12.4 Å². The lowest BCUT2D eigenvalue weighted by atomic mass is 9.98. The standard InChI is InChI=1S/C17H13N5O5.C10H12FN.ClH/c23-12-6-27-11-2-1-8(3-10(11)22-12)4-19-16(24)15-14-13(20-7-21-15)9(5-18-14)17(25)26;11-10-4-2-1-3-9(10)8-5-6-12-7-8;/h1-3,5,7,18H,4,6H2,(H,19,24)(H,22,23)(H,25,26);1-4,8,12H,5-7H2;1H. The Morgan fingerprint density at radius 1 is 1.18 bits per heavy atom. The van der Waals surface area contributed by atoms with E-state index in [4.69, 9.17) is 9.84 Å². The maximum Gasteiger partial charge on any atom is 0.339 e. The number of carbonyl (C=O) groups excluding carboxylic acids is 2. The summed E-state index contributed by atoms with van der Waals surface area (Å²) in [5.74, 6) is -0.996. The first-order valence-corrected chi connectivity index (χ1v) is 12.2. The van der Waals surface area contributed by atoms with E-state index in [0.717, 1.165) is 37.0 Å². The second kappa shape index (κ2) is 12.5. The van der Waals surface area contributed by atoms with Crippen LogP contribution < -0.4 is 20.7 Å². The van der Waals surface area contributed by atoms with Crippen molar-refractivity contribution < 1.29 is 28.6 Å². The molecule has 2 aliphatic rings. The third kappa shape index (κ3) is 6.19. The summed E-state index contributed by atoms with van der Waals surface area (Å²) in [6.07, 6.45) is 3.47. The van der Waals surface area contributed by atoms with Gasteiger partial charge < -0.3 is 30.8 Å². The number of anilines is 1. The van der Waals surface area contributed by atoms with Gasteiger partial charge in [-0.25, -0.2) is 19.2 Å². The molecule has 2 aromatic heterocycles. The van der Waals surface area contributed by atoms with Crippen LogP contribution in [0.25, 0.3) is 11.0 Å². The number of H-pyrrole nitrogens is 1. The highest BCUT2D eigenvalue weighted by Gasteiger charge is 2.20. The molecule has 5 N–H and O–H groups in total. The SMILES string of the molecule is Cl.Fc1ccccc1C1CCNC1.O=C1COc2ccc(CNC(=O)c3ncnc4c(C(=O)O)c[nH]c34)cc2N1. The van der Waals surface area contributed by atoms with Crippen molar-refractivity contribution in [1.29, 1.82) is 0 Å². The van der Waals surface area contributed by atoms with Crippen molar-refractivity contribution in [2.45, 2.75) is 18.9 Å². The van der Waals surface area contributed by atoms with Gasteiger partial charge in [0.2, 0.25) is 0 Å². The molecule has 0 saturated carbocycles. The van der Waals surface area contributed by atoms with Gasteiger partial charge in [0.15, 0.2) is 12.3 Å². The summed E-state index contributed by atoms with van der Waals surface area (Å²) < 4.78 is 18.5. The van der Waals surface area contributed by atoms with Crippen LogP contribution >= 0.6 is 12.4 Å². The molecule has 13 heteroatoms. The first-order chi connectivity index (χ1) is 18.9. The smallest absolute Gasteiger partial charge is 0.339 e. The number of carboxylic acids is 1. The molecule has 1 saturated heterocycles. The van der Waals surface area contributed by atoms with Gasteiger partial charge in [-0.2, -0.15) is 0 Å². The molecule has 0 aliphatic carbocycles. The number of benzene rings is 2. The Morgan fingerprint density at radius 3 is 2.75 bits per heavy atom. The highest BCUT2D eigenvalue weighted by atomic mass is 35.5. The van der Waals surface area contributed by atoms with E-state index in [1.54, 1.807) is 24.3 Å². The zero-order chi connectivity index (χ0) is 27.4. The topological polar surface area (TPSA) is 158 Å². The molecule has 6 rings (SSSR count). The van der Waals surface area contributed by atoms with Gasteiger partial charge in [-0.05, 0) is 42.3 Å². The predicted molar refractivity (Wildman–Crippen MR) is 146 cm³/mol. The van der Waals surface area contributed by atoms with Gasteiger partial charge in [0, 0.05) is 25.2 Å². The predicted octanol–water partition coefficient (Wildman–Crippen LogP) is 3.24. The van der Waals surface area contributed by atoms with Crippen LogP contribution in [0.3, 0.4) is 0 Å². The van der Waals surface area contributed by atoms with Crippen LogP contribution in [0.5, 0.6) is 5.75 Å². The van der Waals surface area contributed by atoms with Crippen LogP contribution in [0, 0.1) is 5.82 Å². The summed E-state index contributed by atoms with van der Waals surface area (Å²) in [5.41, 5.74) is 2.57. The van der Waals surface area contributed by atoms with E-state index in [2.05, 4.69) is 30.9 Å². The summed E-state index contributed by atoms with van der Waals surface area (Å²) in [6.45, 7) is 2.08. The van der Waals surface area contributed by atoms with Gasteiger partial charge in [0.05, 0.1) is 11.2 Å². The average molecular weight is 569 g/mol. The molecule has 208 valence electrons. The Hall–Kier alpha value is -4.55. The van der Waals surface area contributed by atoms with Crippen LogP contribution in [0.15, 0.2) is 55.0 Å². The number of aromatic carboxylic acids is 1. The fourth-order valence-corrected chi connectivity index (χ4v) is 4.51. The Kier molecular flexibility index (Phi) is 8.92. The Morgan fingerprint density at radius 2 is 2.00 bits per heavy atom. The lowest BCUT2D eigenvalue weighted by molar-refractivity contribution is -0.118. The maximum atomic E-state index is 13.2. The van der Waals surface area contributed by atoms with Gasteiger partial charge >= 0.3 is 5.97 Å². The van der Waals surface area contributed by atoms with Crippen molar-refractivity contribution in [3.05, 3.63) is 83.2 Å². The molecule has 1 fully saturated rings. The first kappa shape index (κ1) is 28.5. The summed E-state index contributed by atoms with van der Waals surface area (Å²) in [4.78, 5) is 45.7. The molecule has 2 aliphatic heterocycles. The summed E-state index contributed by atoms with van der Waals surface area (Å²) >= 11 is 0. The number of amides is 2. The molecule has 4 heterocycles. The zero-order valence-corrected chi connectivity index (χ0v) is 21.9. The lowest BCUT2D eigenvalue weighted by Gasteiger charge is -2.18. The molecule has 0 bridgehead atoms. The van der Waals surface area contributed by atoms with Crippen LogP contribution in [0.1, 0.15) is 44.3 Å². The highest BCUT2D eigenvalue weighted by molar-refractivity contribution is 6.08. The van der Waals surface area contributed by atoms with Gasteiger partial charge in [0.1, 0.15) is 29.0 Å². The number of halogens is 2. The third-order valence-corrected chi connectivity index (χ3v) is 6.44. The van der Waals surface area contributed by atoms with E-state index in [1.165, 1.54) is 12.3 Å². The summed E-state index contributed by atoms with van der Waals surface area (Å²) in [5, 5.41) is 17.8. The second-order valence-electron chi connectivity index (χ2n) is 9.01. The Balaban J connectivity index is 0.000000238. The number of ether oxygens (including phenoxy) is 1. The fraction of sp³-hybridized carbons (Fsp3) is 0.222. The molecule has 0 radical (unpaired) electrons. The van der Waals surface area contributed by atoms with Crippen LogP contribution in [0.2, 0.25) is 0 Å². The van der Waals surface area contributed by atoms with E-state index in [-0.39, 0.29) is 59.6 Å². The van der Waals surface area contributed by atoms with Gasteiger partial charge in [0.25, 0.3) is 11.8 Å². The monoisotopic (exact) mass is 568 g/mol. The van der Waals surface area contributed by atoms with Crippen LogP contribution in [-0.4, -0.2) is 57.5 Å². The average Bonchev–Trinajstić information content (AvgIpc) is 3.63. The third-order valence-electron chi connectivity index (χ3n) is 6.44. The number of rotatable bonds is 5. The van der Waals surface area contributed by atoms with E-state index < -0.39 is 11.9 Å². The molecule has 2 aromatic carbocycles. The fourth-order valence-electron chi connectivity index (χ4n) is 4.51.